The van der Waals surface area contributed by atoms with Gasteiger partial charge in [0.1, 0.15) is 24.4 Å². The van der Waals surface area contributed by atoms with Gasteiger partial charge in [0.15, 0.2) is 0 Å². The Morgan fingerprint density at radius 2 is 1.31 bits per heavy atom. The fourth-order valence-corrected chi connectivity index (χ4v) is 1.22. The molecule has 0 bridgehead atoms. The molecule has 0 aliphatic heterocycles. The van der Waals surface area contributed by atoms with Gasteiger partial charge in [-0.25, -0.2) is 0 Å². The van der Waals surface area contributed by atoms with E-state index in [1.165, 1.54) is 0 Å². The van der Waals surface area contributed by atoms with E-state index in [9.17, 15) is 0 Å². The zero-order valence-corrected chi connectivity index (χ0v) is 9.28. The lowest BCUT2D eigenvalue weighted by Gasteiger charge is -2.26. The van der Waals surface area contributed by atoms with Gasteiger partial charge >= 0.3 is 0 Å². The summed E-state index contributed by atoms with van der Waals surface area (Å²) < 4.78 is 0. The molecule has 0 spiro atoms. The predicted molar refractivity (Wildman–Crippen MR) is 47.1 cm³/mol. The summed E-state index contributed by atoms with van der Waals surface area (Å²) in [7, 11) is 0.234. The van der Waals surface area contributed by atoms with Crippen LogP contribution in [0.25, 0.3) is 0 Å². The van der Waals surface area contributed by atoms with Crippen molar-refractivity contribution < 1.29 is 30.6 Å². The van der Waals surface area contributed by atoms with Crippen LogP contribution in [0.2, 0.25) is 0 Å². The van der Waals surface area contributed by atoms with Gasteiger partial charge in [0.05, 0.1) is 12.3 Å². The van der Waals surface area contributed by atoms with Gasteiger partial charge < -0.3 is 30.6 Å². The van der Waals surface area contributed by atoms with E-state index in [0.717, 1.165) is 0 Å². The van der Waals surface area contributed by atoms with Gasteiger partial charge in [0.2, 0.25) is 0 Å². The molecule has 0 aromatic heterocycles. The highest BCUT2D eigenvalue weighted by Crippen LogP contribution is 2.06. The molecule has 0 rings (SSSR count). The van der Waals surface area contributed by atoms with E-state index < -0.39 is 36.7 Å². The third-order valence-electron chi connectivity index (χ3n) is 1.78. The first-order valence-electron chi connectivity index (χ1n) is 3.93. The maximum atomic E-state index is 9.15. The van der Waals surface area contributed by atoms with Crippen LogP contribution in [0.4, 0.5) is 0 Å². The first-order valence-corrected chi connectivity index (χ1v) is 5.08. The Kier molecular flexibility index (Phi) is 5.64. The van der Waals surface area contributed by atoms with Crippen molar-refractivity contribution in [3.05, 3.63) is 0 Å². The summed E-state index contributed by atoms with van der Waals surface area (Å²) >= 11 is 0. The van der Waals surface area contributed by atoms with Crippen LogP contribution in [0.15, 0.2) is 0 Å². The average Bonchev–Trinajstić information content (AvgIpc) is 2.12. The fraction of sp³-hybridized carbons (Fsp3) is 1.00. The van der Waals surface area contributed by atoms with E-state index >= 15 is 0 Å². The number of aliphatic hydroxyl groups excluding tert-OH is 6. The van der Waals surface area contributed by atoms with Gasteiger partial charge in [-0.3, -0.25) is 0 Å². The molecule has 0 fully saturated rings. The lowest BCUT2D eigenvalue weighted by Crippen LogP contribution is -2.50. The van der Waals surface area contributed by atoms with Gasteiger partial charge in [-0.05, 0) is 0 Å². The summed E-state index contributed by atoms with van der Waals surface area (Å²) in [5, 5.41) is 53.5. The van der Waals surface area contributed by atoms with Crippen LogP contribution in [-0.4, -0.2) is 77.6 Å². The Balaban J connectivity index is 4.15. The second kappa shape index (κ2) is 5.65. The molecule has 6 nitrogen and oxygen atoms in total. The molecule has 13 heavy (non-hydrogen) atoms. The van der Waals surface area contributed by atoms with E-state index in [0.29, 0.717) is 0 Å². The van der Waals surface area contributed by atoms with E-state index in [1.807, 2.05) is 0 Å². The average molecular weight is 212 g/mol. The standard InChI is InChI=1S/C6H16O6Si/c7-1-2(8)3(9)4(10)5(11)6(12)13/h2-12H,1H2,13H3/t2-,3-,4+,5+,6?/m1/s1. The highest BCUT2D eigenvalue weighted by molar-refractivity contribution is 6.11. The van der Waals surface area contributed by atoms with E-state index in [-0.39, 0.29) is 10.2 Å². The van der Waals surface area contributed by atoms with Crippen molar-refractivity contribution in [2.45, 2.75) is 30.1 Å². The predicted octanol–water partition coefficient (Wildman–Crippen LogP) is -4.89. The second-order valence-corrected chi connectivity index (χ2v) is 4.15. The SMILES string of the molecule is OC[C@@H](O)[C@@H](O)[C@H](O)[C@H](O)C(O)[SiH3]. The molecule has 0 aromatic carbocycles. The molecule has 1 unspecified atom stereocenters. The maximum absolute atomic E-state index is 9.15. The van der Waals surface area contributed by atoms with Crippen LogP contribution < -0.4 is 0 Å². The lowest BCUT2D eigenvalue weighted by atomic mass is 10.0. The third-order valence-corrected chi connectivity index (χ3v) is 2.46. The smallest absolute Gasteiger partial charge is 0.111 e. The van der Waals surface area contributed by atoms with E-state index in [1.54, 1.807) is 0 Å². The van der Waals surface area contributed by atoms with Crippen molar-refractivity contribution in [1.82, 2.24) is 0 Å². The Morgan fingerprint density at radius 3 is 1.62 bits per heavy atom. The minimum absolute atomic E-state index is 0.234. The summed E-state index contributed by atoms with van der Waals surface area (Å²) in [6, 6.07) is 0. The molecule has 0 saturated heterocycles. The molecule has 0 heterocycles. The Bertz CT molecular complexity index is 143. The highest BCUT2D eigenvalue weighted by atomic mass is 28.1. The molecule has 0 amide bonds. The molecular formula is C6H16O6Si. The largest absolute Gasteiger partial charge is 0.395 e. The molecule has 80 valence electrons. The Morgan fingerprint density at radius 1 is 0.846 bits per heavy atom. The topological polar surface area (TPSA) is 121 Å². The van der Waals surface area contributed by atoms with Crippen molar-refractivity contribution >= 4 is 10.2 Å². The minimum atomic E-state index is -1.66. The van der Waals surface area contributed by atoms with Gasteiger partial charge in [0, 0.05) is 10.2 Å². The molecule has 0 aliphatic rings. The fourth-order valence-electron chi connectivity index (χ4n) is 0.823. The van der Waals surface area contributed by atoms with Crippen LogP contribution >= 0.6 is 0 Å². The van der Waals surface area contributed by atoms with Gasteiger partial charge in [-0.1, -0.05) is 0 Å². The Labute approximate surface area is 78.5 Å². The van der Waals surface area contributed by atoms with Gasteiger partial charge in [0.25, 0.3) is 0 Å². The number of aliphatic hydroxyl groups is 6. The summed E-state index contributed by atoms with van der Waals surface area (Å²) in [5.41, 5.74) is -1.09. The lowest BCUT2D eigenvalue weighted by molar-refractivity contribution is -0.129. The summed E-state index contributed by atoms with van der Waals surface area (Å²) in [6.45, 7) is -0.720. The van der Waals surface area contributed by atoms with Crippen molar-refractivity contribution in [3.63, 3.8) is 0 Å². The third kappa shape index (κ3) is 3.69. The van der Waals surface area contributed by atoms with Crippen molar-refractivity contribution in [3.8, 4) is 0 Å². The summed E-state index contributed by atoms with van der Waals surface area (Å²) in [4.78, 5) is 0. The molecule has 6 N–H and O–H groups in total. The van der Waals surface area contributed by atoms with Gasteiger partial charge in [-0.15, -0.1) is 0 Å². The van der Waals surface area contributed by atoms with Crippen LogP contribution in [0, 0.1) is 0 Å². The first-order chi connectivity index (χ1) is 5.91. The second-order valence-electron chi connectivity index (χ2n) is 2.96. The summed E-state index contributed by atoms with van der Waals surface area (Å²) in [5.74, 6) is 0. The van der Waals surface area contributed by atoms with E-state index in [4.69, 9.17) is 30.6 Å². The van der Waals surface area contributed by atoms with Crippen molar-refractivity contribution in [2.24, 2.45) is 0 Å². The molecule has 0 saturated carbocycles. The zero-order chi connectivity index (χ0) is 10.6. The molecular weight excluding hydrogens is 196 g/mol. The quantitative estimate of drug-likeness (QED) is 0.254. The summed E-state index contributed by atoms with van der Waals surface area (Å²) in [6.07, 6.45) is -6.34. The zero-order valence-electron chi connectivity index (χ0n) is 7.28. The van der Waals surface area contributed by atoms with Crippen LogP contribution in [-0.2, 0) is 0 Å². The van der Waals surface area contributed by atoms with Crippen LogP contribution in [0.1, 0.15) is 0 Å². The monoisotopic (exact) mass is 212 g/mol. The van der Waals surface area contributed by atoms with Gasteiger partial charge in [-0.2, -0.15) is 0 Å². The molecule has 5 atom stereocenters. The number of rotatable bonds is 5. The minimum Gasteiger partial charge on any atom is -0.395 e. The Hall–Kier alpha value is -0.0231. The van der Waals surface area contributed by atoms with Crippen molar-refractivity contribution in [1.29, 1.82) is 0 Å². The number of hydrogen-bond donors (Lipinski definition) is 6. The molecule has 7 heteroatoms. The van der Waals surface area contributed by atoms with Crippen molar-refractivity contribution in [2.75, 3.05) is 6.61 Å². The molecule has 0 radical (unpaired) electrons. The van der Waals surface area contributed by atoms with Crippen LogP contribution in [0.5, 0.6) is 0 Å². The van der Waals surface area contributed by atoms with Crippen LogP contribution in [0.3, 0.4) is 0 Å². The number of hydrogen-bond acceptors (Lipinski definition) is 6. The normalized spacial score (nSPS) is 23.5. The van der Waals surface area contributed by atoms with E-state index in [2.05, 4.69) is 0 Å². The first kappa shape index (κ1) is 13.0. The molecule has 0 aromatic rings. The molecule has 0 aliphatic carbocycles. The maximum Gasteiger partial charge on any atom is 0.111 e. The highest BCUT2D eigenvalue weighted by Gasteiger charge is 2.32.